The van der Waals surface area contributed by atoms with Gasteiger partial charge in [-0.15, -0.1) is 0 Å². The molecule has 14 heavy (non-hydrogen) atoms. The van der Waals surface area contributed by atoms with Gasteiger partial charge < -0.3 is 0 Å². The van der Waals surface area contributed by atoms with E-state index in [1.54, 1.807) is 6.92 Å². The molecule has 5 nitrogen and oxygen atoms in total. The first-order chi connectivity index (χ1) is 6.54. The van der Waals surface area contributed by atoms with Crippen LogP contribution in [-0.4, -0.2) is 33.6 Å². The summed E-state index contributed by atoms with van der Waals surface area (Å²) in [7, 11) is 1.16. The van der Waals surface area contributed by atoms with Crippen LogP contribution in [0.2, 0.25) is 0 Å². The smallest absolute Gasteiger partial charge is 0.285 e. The molecule has 0 fully saturated rings. The standard InChI is InChI=1S/C8H12N2O3S/c1-6(7-3-4-14-5-7)10(13)8(11)9(2)12/h3-6,12-13H,1-2H3. The van der Waals surface area contributed by atoms with E-state index in [0.717, 1.165) is 12.6 Å². The first-order valence-electron chi connectivity index (χ1n) is 4.00. The van der Waals surface area contributed by atoms with Gasteiger partial charge in [0.05, 0.1) is 6.04 Å². The van der Waals surface area contributed by atoms with E-state index in [-0.39, 0.29) is 0 Å². The Morgan fingerprint density at radius 1 is 1.57 bits per heavy atom. The third kappa shape index (κ3) is 2.22. The van der Waals surface area contributed by atoms with E-state index in [2.05, 4.69) is 0 Å². The molecule has 2 amide bonds. The molecule has 1 aromatic heterocycles. The monoisotopic (exact) mass is 216 g/mol. The van der Waals surface area contributed by atoms with Crippen LogP contribution < -0.4 is 0 Å². The lowest BCUT2D eigenvalue weighted by Gasteiger charge is -2.23. The lowest BCUT2D eigenvalue weighted by Crippen LogP contribution is -2.38. The van der Waals surface area contributed by atoms with Gasteiger partial charge in [-0.25, -0.2) is 9.86 Å². The van der Waals surface area contributed by atoms with Crippen molar-refractivity contribution in [1.29, 1.82) is 0 Å². The third-order valence-corrected chi connectivity index (χ3v) is 2.57. The molecule has 78 valence electrons. The van der Waals surface area contributed by atoms with E-state index in [9.17, 15) is 10.0 Å². The van der Waals surface area contributed by atoms with Gasteiger partial charge in [0.1, 0.15) is 0 Å². The fourth-order valence-corrected chi connectivity index (χ4v) is 1.71. The van der Waals surface area contributed by atoms with Crippen molar-refractivity contribution in [3.8, 4) is 0 Å². The molecule has 0 saturated carbocycles. The van der Waals surface area contributed by atoms with Gasteiger partial charge >= 0.3 is 6.03 Å². The average molecular weight is 216 g/mol. The molecule has 0 aliphatic rings. The maximum Gasteiger partial charge on any atom is 0.367 e. The topological polar surface area (TPSA) is 64.0 Å². The van der Waals surface area contributed by atoms with Gasteiger partial charge in [-0.3, -0.25) is 10.4 Å². The highest BCUT2D eigenvalue weighted by Gasteiger charge is 2.22. The fourth-order valence-electron chi connectivity index (χ4n) is 0.968. The van der Waals surface area contributed by atoms with Crippen LogP contribution in [0.25, 0.3) is 0 Å². The highest BCUT2D eigenvalue weighted by molar-refractivity contribution is 7.07. The van der Waals surface area contributed by atoms with E-state index < -0.39 is 12.1 Å². The second-order valence-corrected chi connectivity index (χ2v) is 3.66. The Kier molecular flexibility index (Phi) is 3.45. The molecule has 0 aliphatic heterocycles. The summed E-state index contributed by atoms with van der Waals surface area (Å²) < 4.78 is 0. The maximum atomic E-state index is 11.1. The van der Waals surface area contributed by atoms with E-state index in [4.69, 9.17) is 5.21 Å². The Hall–Kier alpha value is -1.11. The molecule has 0 saturated heterocycles. The minimum absolute atomic E-state index is 0.336. The fraction of sp³-hybridized carbons (Fsp3) is 0.375. The summed E-state index contributed by atoms with van der Waals surface area (Å²) in [5, 5.41) is 22.7. The zero-order valence-corrected chi connectivity index (χ0v) is 8.73. The number of carbonyl (C=O) groups is 1. The van der Waals surface area contributed by atoms with Gasteiger partial charge in [0.25, 0.3) is 0 Å². The molecule has 0 radical (unpaired) electrons. The molecule has 6 heteroatoms. The molecule has 1 heterocycles. The largest absolute Gasteiger partial charge is 0.367 e. The van der Waals surface area contributed by atoms with Gasteiger partial charge in [-0.1, -0.05) is 0 Å². The molecular weight excluding hydrogens is 204 g/mol. The summed E-state index contributed by atoms with van der Waals surface area (Å²) in [4.78, 5) is 11.1. The highest BCUT2D eigenvalue weighted by atomic mass is 32.1. The number of rotatable bonds is 2. The van der Waals surface area contributed by atoms with E-state index in [1.165, 1.54) is 11.3 Å². The van der Waals surface area contributed by atoms with Gasteiger partial charge in [0, 0.05) is 7.05 Å². The summed E-state index contributed by atoms with van der Waals surface area (Å²) in [5.74, 6) is 0. The van der Waals surface area contributed by atoms with E-state index in [0.29, 0.717) is 10.1 Å². The number of carbonyl (C=O) groups excluding carboxylic acids is 1. The quantitative estimate of drug-likeness (QED) is 0.586. The zero-order chi connectivity index (χ0) is 10.7. The molecular formula is C8H12N2O3S. The third-order valence-electron chi connectivity index (χ3n) is 1.87. The first-order valence-corrected chi connectivity index (χ1v) is 4.95. The Morgan fingerprint density at radius 2 is 2.21 bits per heavy atom. The normalized spacial score (nSPS) is 12.3. The number of urea groups is 1. The minimum atomic E-state index is -0.858. The zero-order valence-electron chi connectivity index (χ0n) is 7.91. The maximum absolute atomic E-state index is 11.1. The van der Waals surface area contributed by atoms with Crippen molar-refractivity contribution in [3.05, 3.63) is 22.4 Å². The Labute approximate surface area is 85.7 Å². The van der Waals surface area contributed by atoms with Crippen LogP contribution >= 0.6 is 11.3 Å². The number of nitrogens with zero attached hydrogens (tertiary/aromatic N) is 2. The van der Waals surface area contributed by atoms with E-state index in [1.807, 2.05) is 16.8 Å². The van der Waals surface area contributed by atoms with Crippen molar-refractivity contribution in [2.75, 3.05) is 7.05 Å². The van der Waals surface area contributed by atoms with Gasteiger partial charge in [-0.2, -0.15) is 16.4 Å². The predicted octanol–water partition coefficient (Wildman–Crippen LogP) is 1.94. The molecule has 2 N–H and O–H groups in total. The average Bonchev–Trinajstić information content (AvgIpc) is 2.67. The van der Waals surface area contributed by atoms with Crippen molar-refractivity contribution in [2.45, 2.75) is 13.0 Å². The summed E-state index contributed by atoms with van der Waals surface area (Å²) in [6, 6.07) is 0.482. The Bertz CT molecular complexity index is 300. The number of hydrogen-bond acceptors (Lipinski definition) is 4. The number of hydrogen-bond donors (Lipinski definition) is 2. The summed E-state index contributed by atoms with van der Waals surface area (Å²) in [6.07, 6.45) is 0. The SMILES string of the molecule is CC(c1ccsc1)N(O)C(=O)N(C)O. The molecule has 0 spiro atoms. The first kappa shape index (κ1) is 11.0. The van der Waals surface area contributed by atoms with Crippen LogP contribution in [-0.2, 0) is 0 Å². The molecule has 0 aliphatic carbocycles. The van der Waals surface area contributed by atoms with Gasteiger partial charge in [-0.05, 0) is 29.3 Å². The Morgan fingerprint density at radius 3 is 2.64 bits per heavy atom. The van der Waals surface area contributed by atoms with Crippen LogP contribution in [0.4, 0.5) is 4.79 Å². The second-order valence-electron chi connectivity index (χ2n) is 2.88. The molecule has 0 bridgehead atoms. The molecule has 1 rings (SSSR count). The van der Waals surface area contributed by atoms with Crippen LogP contribution in [0.3, 0.4) is 0 Å². The molecule has 1 atom stereocenters. The summed E-state index contributed by atoms with van der Waals surface area (Å²) in [5.41, 5.74) is 0.827. The summed E-state index contributed by atoms with van der Waals surface area (Å²) in [6.45, 7) is 1.67. The van der Waals surface area contributed by atoms with Crippen molar-refractivity contribution >= 4 is 17.4 Å². The van der Waals surface area contributed by atoms with Gasteiger partial charge in [0.15, 0.2) is 0 Å². The number of thiophene rings is 1. The van der Waals surface area contributed by atoms with Crippen LogP contribution in [0.15, 0.2) is 16.8 Å². The lowest BCUT2D eigenvalue weighted by atomic mass is 10.2. The van der Waals surface area contributed by atoms with Crippen LogP contribution in [0.1, 0.15) is 18.5 Å². The summed E-state index contributed by atoms with van der Waals surface area (Å²) >= 11 is 1.48. The molecule has 1 unspecified atom stereocenters. The molecule has 0 aromatic carbocycles. The van der Waals surface area contributed by atoms with Gasteiger partial charge in [0.2, 0.25) is 0 Å². The lowest BCUT2D eigenvalue weighted by molar-refractivity contribution is -0.126. The molecule has 1 aromatic rings. The van der Waals surface area contributed by atoms with Crippen molar-refractivity contribution in [2.24, 2.45) is 0 Å². The minimum Gasteiger partial charge on any atom is -0.285 e. The van der Waals surface area contributed by atoms with Crippen molar-refractivity contribution in [3.63, 3.8) is 0 Å². The highest BCUT2D eigenvalue weighted by Crippen LogP contribution is 2.21. The Balaban J connectivity index is 2.70. The van der Waals surface area contributed by atoms with Crippen LogP contribution in [0.5, 0.6) is 0 Å². The second kappa shape index (κ2) is 4.41. The predicted molar refractivity (Wildman–Crippen MR) is 51.3 cm³/mol. The number of hydroxylamine groups is 4. The van der Waals surface area contributed by atoms with Crippen molar-refractivity contribution < 1.29 is 15.2 Å². The number of amides is 2. The van der Waals surface area contributed by atoms with Crippen LogP contribution in [0, 0.1) is 0 Å². The van der Waals surface area contributed by atoms with E-state index >= 15 is 0 Å². The van der Waals surface area contributed by atoms with Crippen molar-refractivity contribution in [1.82, 2.24) is 10.1 Å².